The van der Waals surface area contributed by atoms with Gasteiger partial charge in [-0.3, -0.25) is 14.7 Å². The normalized spacial score (nSPS) is 10.8. The van der Waals surface area contributed by atoms with Gasteiger partial charge in [0.15, 0.2) is 0 Å². The van der Waals surface area contributed by atoms with Crippen LogP contribution in [0.1, 0.15) is 10.4 Å². The van der Waals surface area contributed by atoms with Crippen LogP contribution in [0.3, 0.4) is 0 Å². The average molecular weight is 358 g/mol. The van der Waals surface area contributed by atoms with E-state index in [1.807, 2.05) is 30.3 Å². The first-order chi connectivity index (χ1) is 13.0. The first-order valence-electron chi connectivity index (χ1n) is 8.23. The van der Waals surface area contributed by atoms with Crippen LogP contribution in [0.5, 0.6) is 0 Å². The van der Waals surface area contributed by atoms with Crippen LogP contribution in [0.25, 0.3) is 27.6 Å². The van der Waals surface area contributed by atoms with Crippen molar-refractivity contribution in [2.24, 2.45) is 0 Å². The highest BCUT2D eigenvalue weighted by molar-refractivity contribution is 5.88. The third-order valence-electron chi connectivity index (χ3n) is 4.39. The number of rotatable bonds is 3. The summed E-state index contributed by atoms with van der Waals surface area (Å²) in [6, 6.07) is 20.4. The van der Waals surface area contributed by atoms with Gasteiger partial charge < -0.3 is 5.11 Å². The van der Waals surface area contributed by atoms with Crippen LogP contribution in [0.2, 0.25) is 0 Å². The van der Waals surface area contributed by atoms with Crippen molar-refractivity contribution in [3.63, 3.8) is 0 Å². The zero-order chi connectivity index (χ0) is 19.0. The van der Waals surface area contributed by atoms with E-state index in [4.69, 9.17) is 5.11 Å². The molecular weight excluding hydrogens is 344 g/mol. The lowest BCUT2D eigenvalue weighted by atomic mass is 10.0. The predicted molar refractivity (Wildman–Crippen MR) is 103 cm³/mol. The monoisotopic (exact) mass is 358 g/mol. The summed E-state index contributed by atoms with van der Waals surface area (Å²) >= 11 is 0. The Morgan fingerprint density at radius 3 is 2.19 bits per heavy atom. The van der Waals surface area contributed by atoms with E-state index in [1.54, 1.807) is 18.2 Å². The molecule has 0 bridgehead atoms. The Hall–Kier alpha value is -3.93. The largest absolute Gasteiger partial charge is 0.478 e. The molecule has 0 radical (unpaired) electrons. The predicted octanol–water partition coefficient (Wildman–Crippen LogP) is 3.04. The van der Waals surface area contributed by atoms with Crippen LogP contribution in [0.4, 0.5) is 0 Å². The van der Waals surface area contributed by atoms with Crippen LogP contribution < -0.4 is 11.1 Å². The Morgan fingerprint density at radius 1 is 0.815 bits per heavy atom. The Kier molecular flexibility index (Phi) is 3.93. The van der Waals surface area contributed by atoms with Gasteiger partial charge in [0.2, 0.25) is 0 Å². The molecule has 0 amide bonds. The second-order valence-corrected chi connectivity index (χ2v) is 6.06. The Bertz CT molecular complexity index is 1270. The maximum absolute atomic E-state index is 12.8. The summed E-state index contributed by atoms with van der Waals surface area (Å²) < 4.78 is 1.12. The van der Waals surface area contributed by atoms with E-state index in [9.17, 15) is 14.4 Å². The second kappa shape index (κ2) is 6.42. The van der Waals surface area contributed by atoms with Gasteiger partial charge in [-0.25, -0.2) is 9.48 Å². The molecule has 3 aromatic carbocycles. The lowest BCUT2D eigenvalue weighted by molar-refractivity contribution is 0.0697. The number of carboxylic acids is 1. The number of carboxylic acid groups (broad SMARTS) is 1. The van der Waals surface area contributed by atoms with E-state index in [0.717, 1.165) is 15.8 Å². The molecule has 1 heterocycles. The minimum Gasteiger partial charge on any atom is -0.478 e. The average Bonchev–Trinajstić information content (AvgIpc) is 2.71. The number of aromatic amines is 1. The van der Waals surface area contributed by atoms with Crippen molar-refractivity contribution >= 4 is 16.7 Å². The number of hydrogen-bond donors (Lipinski definition) is 2. The van der Waals surface area contributed by atoms with Gasteiger partial charge in [-0.1, -0.05) is 36.4 Å². The van der Waals surface area contributed by atoms with Gasteiger partial charge in [0.1, 0.15) is 0 Å². The van der Waals surface area contributed by atoms with Crippen molar-refractivity contribution in [3.05, 3.63) is 99.1 Å². The molecule has 0 spiro atoms. The van der Waals surface area contributed by atoms with E-state index < -0.39 is 11.5 Å². The first kappa shape index (κ1) is 16.5. The Morgan fingerprint density at radius 2 is 1.52 bits per heavy atom. The smallest absolute Gasteiger partial charge is 0.335 e. The van der Waals surface area contributed by atoms with Gasteiger partial charge >= 0.3 is 5.97 Å². The Labute approximate surface area is 152 Å². The van der Waals surface area contributed by atoms with Crippen molar-refractivity contribution < 1.29 is 9.90 Å². The highest BCUT2D eigenvalue weighted by Gasteiger charge is 2.11. The van der Waals surface area contributed by atoms with E-state index in [-0.39, 0.29) is 11.1 Å². The van der Waals surface area contributed by atoms with E-state index >= 15 is 0 Å². The number of nitrogens with one attached hydrogen (secondary N) is 1. The van der Waals surface area contributed by atoms with Gasteiger partial charge in [-0.05, 0) is 47.5 Å². The summed E-state index contributed by atoms with van der Waals surface area (Å²) in [5.41, 5.74) is 1.50. The summed E-state index contributed by atoms with van der Waals surface area (Å²) in [7, 11) is 0. The topological polar surface area (TPSA) is 92.2 Å². The number of nitrogens with zero attached hydrogens (tertiary/aromatic N) is 1. The molecule has 0 aliphatic carbocycles. The minimum absolute atomic E-state index is 0.0995. The molecule has 4 aromatic rings. The molecule has 4 rings (SSSR count). The zero-order valence-electron chi connectivity index (χ0n) is 14.0. The number of carbonyl (C=O) groups is 1. The highest BCUT2D eigenvalue weighted by Crippen LogP contribution is 2.21. The minimum atomic E-state index is -1.06. The molecule has 6 heteroatoms. The number of H-pyrrole nitrogens is 1. The standard InChI is InChI=1S/C21H14N2O4/c24-19-18-12-15(13-4-2-1-3-5-13)8-11-17(18)20(25)23(22-19)16-9-6-14(7-10-16)21(26)27/h1-12H,(H,22,24)(H,26,27). The second-order valence-electron chi connectivity index (χ2n) is 6.06. The lowest BCUT2D eigenvalue weighted by Gasteiger charge is -2.09. The van der Waals surface area contributed by atoms with Crippen LogP contribution in [0.15, 0.2) is 82.4 Å². The van der Waals surface area contributed by atoms with Crippen LogP contribution in [0, 0.1) is 0 Å². The van der Waals surface area contributed by atoms with Crippen LogP contribution in [-0.4, -0.2) is 20.9 Å². The lowest BCUT2D eigenvalue weighted by Crippen LogP contribution is -2.28. The van der Waals surface area contributed by atoms with Crippen molar-refractivity contribution in [1.82, 2.24) is 9.78 Å². The fraction of sp³-hybridized carbons (Fsp3) is 0. The molecule has 1 aromatic heterocycles. The molecule has 0 atom stereocenters. The van der Waals surface area contributed by atoms with Gasteiger partial charge in [0.05, 0.1) is 22.0 Å². The Balaban J connectivity index is 1.88. The van der Waals surface area contributed by atoms with E-state index in [1.165, 1.54) is 24.3 Å². The van der Waals surface area contributed by atoms with Gasteiger partial charge in [-0.2, -0.15) is 0 Å². The molecule has 6 nitrogen and oxygen atoms in total. The number of hydrogen-bond acceptors (Lipinski definition) is 3. The van der Waals surface area contributed by atoms with Gasteiger partial charge in [0.25, 0.3) is 11.1 Å². The highest BCUT2D eigenvalue weighted by atomic mass is 16.4. The quantitative estimate of drug-likeness (QED) is 0.589. The maximum atomic E-state index is 12.8. The summed E-state index contributed by atoms with van der Waals surface area (Å²) in [4.78, 5) is 36.4. The molecule has 132 valence electrons. The molecule has 27 heavy (non-hydrogen) atoms. The summed E-state index contributed by atoms with van der Waals surface area (Å²) in [6.07, 6.45) is 0. The summed E-state index contributed by atoms with van der Waals surface area (Å²) in [5, 5.41) is 12.1. The van der Waals surface area contributed by atoms with Crippen molar-refractivity contribution in [2.75, 3.05) is 0 Å². The van der Waals surface area contributed by atoms with E-state index in [2.05, 4.69) is 5.10 Å². The number of aromatic carboxylic acids is 1. The molecule has 0 saturated heterocycles. The molecule has 0 saturated carbocycles. The first-order valence-corrected chi connectivity index (χ1v) is 8.23. The molecule has 0 aliphatic rings. The fourth-order valence-electron chi connectivity index (χ4n) is 3.00. The van der Waals surface area contributed by atoms with Crippen LogP contribution in [-0.2, 0) is 0 Å². The van der Waals surface area contributed by atoms with E-state index in [0.29, 0.717) is 16.5 Å². The maximum Gasteiger partial charge on any atom is 0.335 e. The number of aromatic nitrogens is 2. The van der Waals surface area contributed by atoms with Crippen molar-refractivity contribution in [3.8, 4) is 16.8 Å². The third-order valence-corrected chi connectivity index (χ3v) is 4.39. The van der Waals surface area contributed by atoms with Crippen molar-refractivity contribution in [2.45, 2.75) is 0 Å². The summed E-state index contributed by atoms with van der Waals surface area (Å²) in [5.74, 6) is -1.06. The van der Waals surface area contributed by atoms with Gasteiger partial charge in [0, 0.05) is 0 Å². The molecule has 0 unspecified atom stereocenters. The zero-order valence-corrected chi connectivity index (χ0v) is 14.0. The molecule has 2 N–H and O–H groups in total. The number of fused-ring (bicyclic) bond motifs is 1. The molecular formula is C21H14N2O4. The molecule has 0 aliphatic heterocycles. The number of benzene rings is 3. The van der Waals surface area contributed by atoms with Crippen molar-refractivity contribution in [1.29, 1.82) is 0 Å². The summed E-state index contributed by atoms with van der Waals surface area (Å²) in [6.45, 7) is 0. The third kappa shape index (κ3) is 2.93. The SMILES string of the molecule is O=C(O)c1ccc(-n2[nH]c(=O)c3cc(-c4ccccc4)ccc3c2=O)cc1. The fourth-order valence-corrected chi connectivity index (χ4v) is 3.00. The molecule has 0 fully saturated rings. The van der Waals surface area contributed by atoms with Crippen LogP contribution >= 0.6 is 0 Å². The van der Waals surface area contributed by atoms with Gasteiger partial charge in [-0.15, -0.1) is 0 Å².